The van der Waals surface area contributed by atoms with E-state index in [0.717, 1.165) is 5.69 Å². The molecule has 0 amide bonds. The molecule has 5 nitrogen and oxygen atoms in total. The number of hydrogen-bond donors (Lipinski definition) is 2. The molecule has 1 unspecified atom stereocenters. The van der Waals surface area contributed by atoms with Crippen LogP contribution in [0.2, 0.25) is 0 Å². The molecule has 1 aromatic heterocycles. The van der Waals surface area contributed by atoms with Gasteiger partial charge in [0.05, 0.1) is 11.8 Å². The highest BCUT2D eigenvalue weighted by Gasteiger charge is 2.10. The van der Waals surface area contributed by atoms with Gasteiger partial charge in [-0.1, -0.05) is 0 Å². The Bertz CT molecular complexity index is 394. The normalized spacial score (nSPS) is 12.2. The van der Waals surface area contributed by atoms with Crippen molar-refractivity contribution >= 4 is 11.7 Å². The highest BCUT2D eigenvalue weighted by Crippen LogP contribution is 2.23. The molecule has 0 saturated carbocycles. The van der Waals surface area contributed by atoms with Gasteiger partial charge in [-0.05, 0) is 39.3 Å². The molecule has 0 aliphatic rings. The van der Waals surface area contributed by atoms with Crippen LogP contribution in [0.15, 0.2) is 18.3 Å². The third-order valence-electron chi connectivity index (χ3n) is 2.31. The summed E-state index contributed by atoms with van der Waals surface area (Å²) in [4.78, 5) is 14.7. The Morgan fingerprint density at radius 1 is 1.50 bits per heavy atom. The Balaban J connectivity index is 2.62. The van der Waals surface area contributed by atoms with Gasteiger partial charge < -0.3 is 15.2 Å². The van der Waals surface area contributed by atoms with E-state index in [2.05, 4.69) is 10.3 Å². The van der Waals surface area contributed by atoms with Crippen LogP contribution in [-0.4, -0.2) is 28.2 Å². The molecule has 1 aromatic rings. The summed E-state index contributed by atoms with van der Waals surface area (Å²) in [6, 6.07) is 3.75. The van der Waals surface area contributed by atoms with Gasteiger partial charge in [0.15, 0.2) is 0 Å². The smallest absolute Gasteiger partial charge is 0.303 e. The minimum atomic E-state index is -0.784. The van der Waals surface area contributed by atoms with E-state index in [0.29, 0.717) is 12.3 Å². The van der Waals surface area contributed by atoms with E-state index in [4.69, 9.17) is 9.84 Å². The fraction of sp³-hybridized carbons (Fsp3) is 0.538. The number of carbonyl (C=O) groups is 1. The minimum absolute atomic E-state index is 0.0507. The van der Waals surface area contributed by atoms with Crippen molar-refractivity contribution in [1.82, 2.24) is 4.98 Å². The number of carboxylic acids is 1. The van der Waals surface area contributed by atoms with Crippen LogP contribution < -0.4 is 10.1 Å². The molecule has 0 saturated heterocycles. The molecule has 18 heavy (non-hydrogen) atoms. The van der Waals surface area contributed by atoms with Gasteiger partial charge in [0.2, 0.25) is 5.88 Å². The molecule has 2 N–H and O–H groups in total. The zero-order valence-electron chi connectivity index (χ0n) is 11.0. The molecule has 0 spiro atoms. The maximum absolute atomic E-state index is 10.5. The van der Waals surface area contributed by atoms with E-state index in [9.17, 15) is 4.79 Å². The van der Waals surface area contributed by atoms with E-state index in [1.54, 1.807) is 6.20 Å². The number of ether oxygens (including phenoxy) is 1. The summed E-state index contributed by atoms with van der Waals surface area (Å²) in [6.45, 7) is 5.81. The summed E-state index contributed by atoms with van der Waals surface area (Å²) in [5.74, 6) is -0.233. The van der Waals surface area contributed by atoms with Crippen molar-refractivity contribution in [2.45, 2.75) is 45.8 Å². The summed E-state index contributed by atoms with van der Waals surface area (Å²) >= 11 is 0. The van der Waals surface area contributed by atoms with Crippen LogP contribution in [0.5, 0.6) is 5.88 Å². The highest BCUT2D eigenvalue weighted by atomic mass is 16.5. The van der Waals surface area contributed by atoms with E-state index in [-0.39, 0.29) is 18.6 Å². The molecule has 0 aliphatic carbocycles. The third-order valence-corrected chi connectivity index (χ3v) is 2.31. The molecular formula is C13H20N2O3. The lowest BCUT2D eigenvalue weighted by molar-refractivity contribution is -0.137. The van der Waals surface area contributed by atoms with Crippen LogP contribution >= 0.6 is 0 Å². The molecule has 0 aromatic carbocycles. The van der Waals surface area contributed by atoms with Gasteiger partial charge in [-0.3, -0.25) is 4.79 Å². The Labute approximate surface area is 107 Å². The maximum Gasteiger partial charge on any atom is 0.303 e. The molecule has 0 radical (unpaired) electrons. The van der Waals surface area contributed by atoms with Gasteiger partial charge in [-0.25, -0.2) is 4.98 Å². The molecule has 0 bridgehead atoms. The monoisotopic (exact) mass is 252 g/mol. The van der Waals surface area contributed by atoms with E-state index < -0.39 is 5.97 Å². The Morgan fingerprint density at radius 2 is 2.22 bits per heavy atom. The van der Waals surface area contributed by atoms with Crippen LogP contribution in [0.4, 0.5) is 5.69 Å². The van der Waals surface area contributed by atoms with Gasteiger partial charge >= 0.3 is 5.97 Å². The van der Waals surface area contributed by atoms with Crippen molar-refractivity contribution in [1.29, 1.82) is 0 Å². The summed E-state index contributed by atoms with van der Waals surface area (Å²) in [5, 5.41) is 11.9. The molecule has 1 heterocycles. The van der Waals surface area contributed by atoms with Crippen molar-refractivity contribution in [2.75, 3.05) is 5.32 Å². The fourth-order valence-electron chi connectivity index (χ4n) is 1.50. The van der Waals surface area contributed by atoms with Crippen LogP contribution in [0, 0.1) is 0 Å². The van der Waals surface area contributed by atoms with Crippen molar-refractivity contribution in [3.63, 3.8) is 0 Å². The summed E-state index contributed by atoms with van der Waals surface area (Å²) in [6.07, 6.45) is 2.43. The zero-order valence-corrected chi connectivity index (χ0v) is 11.0. The number of nitrogens with one attached hydrogen (secondary N) is 1. The second-order valence-corrected chi connectivity index (χ2v) is 4.50. The van der Waals surface area contributed by atoms with Crippen molar-refractivity contribution in [2.24, 2.45) is 0 Å². The largest absolute Gasteiger partial charge is 0.481 e. The van der Waals surface area contributed by atoms with E-state index >= 15 is 0 Å². The average Bonchev–Trinajstić information content (AvgIpc) is 2.28. The molecule has 1 atom stereocenters. The van der Waals surface area contributed by atoms with Gasteiger partial charge in [-0.2, -0.15) is 0 Å². The first kappa shape index (κ1) is 14.3. The molecule has 0 aliphatic heterocycles. The second-order valence-electron chi connectivity index (χ2n) is 4.50. The number of aromatic nitrogens is 1. The van der Waals surface area contributed by atoms with Crippen molar-refractivity contribution < 1.29 is 14.6 Å². The molecule has 0 fully saturated rings. The van der Waals surface area contributed by atoms with E-state index in [1.807, 2.05) is 32.9 Å². The predicted molar refractivity (Wildman–Crippen MR) is 70.0 cm³/mol. The first-order valence-electron chi connectivity index (χ1n) is 6.09. The van der Waals surface area contributed by atoms with Crippen molar-refractivity contribution in [3.05, 3.63) is 18.3 Å². The average molecular weight is 252 g/mol. The topological polar surface area (TPSA) is 71.5 Å². The van der Waals surface area contributed by atoms with Crippen LogP contribution in [0.1, 0.15) is 33.6 Å². The number of pyridine rings is 1. The van der Waals surface area contributed by atoms with Gasteiger partial charge in [0, 0.05) is 18.7 Å². The number of nitrogens with zero attached hydrogens (tertiary/aromatic N) is 1. The molecule has 100 valence electrons. The Kier molecular flexibility index (Phi) is 5.42. The zero-order chi connectivity index (χ0) is 13.5. The third kappa shape index (κ3) is 5.03. The number of carboxylic acid groups (broad SMARTS) is 1. The number of rotatable bonds is 7. The number of anilines is 1. The van der Waals surface area contributed by atoms with Crippen molar-refractivity contribution in [3.8, 4) is 5.88 Å². The number of aliphatic carboxylic acids is 1. The van der Waals surface area contributed by atoms with Crippen LogP contribution in [0.25, 0.3) is 0 Å². The van der Waals surface area contributed by atoms with Gasteiger partial charge in [0.25, 0.3) is 0 Å². The summed E-state index contributed by atoms with van der Waals surface area (Å²) in [5.41, 5.74) is 0.795. The lowest BCUT2D eigenvalue weighted by atomic mass is 10.2. The van der Waals surface area contributed by atoms with E-state index in [1.165, 1.54) is 0 Å². The van der Waals surface area contributed by atoms with Crippen LogP contribution in [0.3, 0.4) is 0 Å². The summed E-state index contributed by atoms with van der Waals surface area (Å²) in [7, 11) is 0. The minimum Gasteiger partial charge on any atom is -0.481 e. The van der Waals surface area contributed by atoms with Crippen LogP contribution in [-0.2, 0) is 4.79 Å². The molecule has 1 rings (SSSR count). The van der Waals surface area contributed by atoms with Gasteiger partial charge in [-0.15, -0.1) is 0 Å². The first-order chi connectivity index (χ1) is 8.49. The highest BCUT2D eigenvalue weighted by molar-refractivity contribution is 5.66. The molecular weight excluding hydrogens is 232 g/mol. The Hall–Kier alpha value is -1.78. The SMILES string of the molecule is CC(CCC(=O)O)Nc1cccnc1OC(C)C. The number of hydrogen-bond acceptors (Lipinski definition) is 4. The Morgan fingerprint density at radius 3 is 2.83 bits per heavy atom. The summed E-state index contributed by atoms with van der Waals surface area (Å²) < 4.78 is 5.58. The first-order valence-corrected chi connectivity index (χ1v) is 6.09. The lowest BCUT2D eigenvalue weighted by Crippen LogP contribution is -2.18. The fourth-order valence-corrected chi connectivity index (χ4v) is 1.50. The predicted octanol–water partition coefficient (Wildman–Crippen LogP) is 2.53. The maximum atomic E-state index is 10.5. The lowest BCUT2D eigenvalue weighted by Gasteiger charge is -2.18. The molecule has 5 heteroatoms. The second kappa shape index (κ2) is 6.83. The standard InChI is InChI=1S/C13H20N2O3/c1-9(2)18-13-11(5-4-8-14-13)15-10(3)6-7-12(16)17/h4-5,8-10,15H,6-7H2,1-3H3,(H,16,17). The quantitative estimate of drug-likeness (QED) is 0.780. The van der Waals surface area contributed by atoms with Gasteiger partial charge in [0.1, 0.15) is 0 Å².